The lowest BCUT2D eigenvalue weighted by atomic mass is 10.4. The fourth-order valence-electron chi connectivity index (χ4n) is 3.85. The van der Waals surface area contributed by atoms with Crippen molar-refractivity contribution in [1.82, 2.24) is 29.1 Å². The van der Waals surface area contributed by atoms with E-state index in [1.807, 2.05) is 6.92 Å². The van der Waals surface area contributed by atoms with Gasteiger partial charge in [0.1, 0.15) is 22.2 Å². The summed E-state index contributed by atoms with van der Waals surface area (Å²) in [5.41, 5.74) is 0.418. The van der Waals surface area contributed by atoms with E-state index in [9.17, 15) is 8.42 Å². The van der Waals surface area contributed by atoms with E-state index in [-0.39, 0.29) is 4.90 Å². The highest BCUT2D eigenvalue weighted by atomic mass is 32.2. The van der Waals surface area contributed by atoms with Crippen molar-refractivity contribution in [2.24, 2.45) is 0 Å². The van der Waals surface area contributed by atoms with Gasteiger partial charge in [0.2, 0.25) is 10.0 Å². The Morgan fingerprint density at radius 1 is 1.07 bits per heavy atom. The zero-order chi connectivity index (χ0) is 19.2. The van der Waals surface area contributed by atoms with E-state index in [1.54, 1.807) is 18.2 Å². The third-order valence-corrected chi connectivity index (χ3v) is 7.47. The first kappa shape index (κ1) is 18.6. The number of rotatable bonds is 5. The maximum atomic E-state index is 13.0. The fraction of sp³-hybridized carbons (Fsp3) is 0.706. The number of sulfonamides is 1. The molecule has 0 amide bonds. The van der Waals surface area contributed by atoms with Crippen LogP contribution < -0.4 is 0 Å². The van der Waals surface area contributed by atoms with Gasteiger partial charge in [0.05, 0.1) is 6.54 Å². The quantitative estimate of drug-likeness (QED) is 0.756. The number of hydrogen-bond acceptors (Lipinski definition) is 7. The van der Waals surface area contributed by atoms with E-state index in [0.717, 1.165) is 24.6 Å². The fourth-order valence-corrected chi connectivity index (χ4v) is 5.61. The normalized spacial score (nSPS) is 20.1. The summed E-state index contributed by atoms with van der Waals surface area (Å²) < 4.78 is 34.9. The molecule has 0 bridgehead atoms. The molecule has 0 atom stereocenters. The second kappa shape index (κ2) is 6.99. The highest BCUT2D eigenvalue weighted by molar-refractivity contribution is 7.89. The van der Waals surface area contributed by atoms with Crippen LogP contribution in [0.1, 0.15) is 48.4 Å². The summed E-state index contributed by atoms with van der Waals surface area (Å²) in [6, 6.07) is 0.540. The van der Waals surface area contributed by atoms with Crippen LogP contribution in [-0.4, -0.2) is 63.7 Å². The lowest BCUT2D eigenvalue weighted by Gasteiger charge is -2.21. The smallest absolute Gasteiger partial charge is 0.248 e. The maximum absolute atomic E-state index is 13.0. The topological polar surface area (TPSA) is 97.4 Å². The summed E-state index contributed by atoms with van der Waals surface area (Å²) in [6.07, 6.45) is 3.16. The van der Waals surface area contributed by atoms with Gasteiger partial charge in [-0.1, -0.05) is 5.16 Å². The Balaban J connectivity index is 1.47. The van der Waals surface area contributed by atoms with Crippen molar-refractivity contribution in [3.8, 4) is 0 Å². The van der Waals surface area contributed by atoms with Crippen molar-refractivity contribution in [2.45, 2.75) is 57.5 Å². The van der Waals surface area contributed by atoms with Gasteiger partial charge in [-0.3, -0.25) is 4.90 Å². The summed E-state index contributed by atoms with van der Waals surface area (Å²) in [7, 11) is -3.59. The molecular formula is C17H26N6O3S. The second-order valence-corrected chi connectivity index (χ2v) is 9.33. The Morgan fingerprint density at radius 3 is 2.52 bits per heavy atom. The van der Waals surface area contributed by atoms with Crippen molar-refractivity contribution >= 4 is 10.0 Å². The van der Waals surface area contributed by atoms with Gasteiger partial charge in [-0.2, -0.15) is 4.31 Å². The average molecular weight is 395 g/mol. The van der Waals surface area contributed by atoms with Crippen molar-refractivity contribution in [3.05, 3.63) is 23.1 Å². The van der Waals surface area contributed by atoms with Gasteiger partial charge < -0.3 is 9.09 Å². The minimum atomic E-state index is -3.59. The van der Waals surface area contributed by atoms with Gasteiger partial charge in [0.25, 0.3) is 0 Å². The lowest BCUT2D eigenvalue weighted by Crippen LogP contribution is -2.35. The summed E-state index contributed by atoms with van der Waals surface area (Å²) in [4.78, 5) is 2.48. The van der Waals surface area contributed by atoms with Crippen LogP contribution in [0.5, 0.6) is 0 Å². The number of nitrogens with zero attached hydrogens (tertiary/aromatic N) is 6. The van der Waals surface area contributed by atoms with Crippen molar-refractivity contribution in [2.75, 3.05) is 26.2 Å². The van der Waals surface area contributed by atoms with E-state index in [2.05, 4.69) is 24.8 Å². The van der Waals surface area contributed by atoms with Crippen LogP contribution in [0, 0.1) is 20.8 Å². The molecule has 0 unspecified atom stereocenters. The molecule has 10 heteroatoms. The van der Waals surface area contributed by atoms with Crippen molar-refractivity contribution < 1.29 is 12.9 Å². The van der Waals surface area contributed by atoms with E-state index < -0.39 is 10.0 Å². The Hall–Kier alpha value is -1.78. The molecule has 0 N–H and O–H groups in total. The first-order chi connectivity index (χ1) is 12.9. The van der Waals surface area contributed by atoms with Crippen LogP contribution in [0.15, 0.2) is 9.42 Å². The largest absolute Gasteiger partial charge is 0.360 e. The van der Waals surface area contributed by atoms with Crippen molar-refractivity contribution in [1.29, 1.82) is 0 Å². The summed E-state index contributed by atoms with van der Waals surface area (Å²) in [5, 5.41) is 12.4. The highest BCUT2D eigenvalue weighted by Crippen LogP contribution is 2.36. The zero-order valence-electron chi connectivity index (χ0n) is 16.1. The molecule has 0 spiro atoms. The number of aromatic nitrogens is 4. The van der Waals surface area contributed by atoms with Gasteiger partial charge in [0, 0.05) is 25.7 Å². The van der Waals surface area contributed by atoms with Gasteiger partial charge in [-0.15, -0.1) is 10.2 Å². The first-order valence-corrected chi connectivity index (χ1v) is 10.9. The molecule has 2 aromatic heterocycles. The van der Waals surface area contributed by atoms with E-state index in [0.29, 0.717) is 43.7 Å². The molecule has 2 fully saturated rings. The maximum Gasteiger partial charge on any atom is 0.248 e. The Labute approximate surface area is 159 Å². The summed E-state index contributed by atoms with van der Waals surface area (Å²) >= 11 is 0. The Bertz CT molecular complexity index is 911. The van der Waals surface area contributed by atoms with Gasteiger partial charge in [0.15, 0.2) is 5.76 Å². The molecule has 4 rings (SSSR count). The molecule has 148 valence electrons. The molecule has 0 radical (unpaired) electrons. The van der Waals surface area contributed by atoms with Crippen LogP contribution in [0.25, 0.3) is 0 Å². The van der Waals surface area contributed by atoms with Gasteiger partial charge in [-0.25, -0.2) is 8.42 Å². The molecule has 0 aromatic carbocycles. The molecular weight excluding hydrogens is 368 g/mol. The van der Waals surface area contributed by atoms with Gasteiger partial charge in [-0.05, 0) is 46.6 Å². The predicted octanol–water partition coefficient (Wildman–Crippen LogP) is 1.42. The van der Waals surface area contributed by atoms with Crippen LogP contribution in [-0.2, 0) is 16.6 Å². The van der Waals surface area contributed by atoms with E-state index in [4.69, 9.17) is 4.52 Å². The lowest BCUT2D eigenvalue weighted by molar-refractivity contribution is 0.267. The SMILES string of the molecule is Cc1noc(C)c1S(=O)(=O)N1CCCN(Cc2nnc(C)n2C2CC2)CC1. The monoisotopic (exact) mass is 394 g/mol. The average Bonchev–Trinajstić information content (AvgIpc) is 3.34. The molecule has 1 saturated carbocycles. The first-order valence-electron chi connectivity index (χ1n) is 9.43. The third kappa shape index (κ3) is 3.53. The molecule has 1 saturated heterocycles. The van der Waals surface area contributed by atoms with E-state index in [1.165, 1.54) is 12.8 Å². The van der Waals surface area contributed by atoms with E-state index >= 15 is 0 Å². The Kier molecular flexibility index (Phi) is 4.81. The molecule has 27 heavy (non-hydrogen) atoms. The zero-order valence-corrected chi connectivity index (χ0v) is 16.9. The molecule has 2 aromatic rings. The van der Waals surface area contributed by atoms with Crippen LogP contribution in [0.2, 0.25) is 0 Å². The van der Waals surface area contributed by atoms with Crippen LogP contribution in [0.4, 0.5) is 0 Å². The van der Waals surface area contributed by atoms with Gasteiger partial charge >= 0.3 is 0 Å². The minimum Gasteiger partial charge on any atom is -0.360 e. The molecule has 3 heterocycles. The standard InChI is InChI=1S/C17H26N6O3S/c1-12-17(13(2)26-20-12)27(24,25)22-8-4-7-21(9-10-22)11-16-19-18-14(3)23(16)15-5-6-15/h15H,4-11H2,1-3H3. The molecule has 2 aliphatic rings. The number of aryl methyl sites for hydroxylation is 3. The third-order valence-electron chi connectivity index (χ3n) is 5.33. The molecule has 9 nitrogen and oxygen atoms in total. The predicted molar refractivity (Wildman–Crippen MR) is 97.7 cm³/mol. The highest BCUT2D eigenvalue weighted by Gasteiger charge is 2.33. The van der Waals surface area contributed by atoms with Crippen LogP contribution in [0.3, 0.4) is 0 Å². The molecule has 1 aliphatic heterocycles. The summed E-state index contributed by atoms with van der Waals surface area (Å²) in [5.74, 6) is 2.29. The van der Waals surface area contributed by atoms with Crippen LogP contribution >= 0.6 is 0 Å². The second-order valence-electron chi connectivity index (χ2n) is 7.45. The number of hydrogen-bond donors (Lipinski definition) is 0. The Morgan fingerprint density at radius 2 is 1.85 bits per heavy atom. The summed E-state index contributed by atoms with van der Waals surface area (Å²) in [6.45, 7) is 8.46. The molecule has 1 aliphatic carbocycles. The minimum absolute atomic E-state index is 0.208. The van der Waals surface area contributed by atoms with Crippen molar-refractivity contribution in [3.63, 3.8) is 0 Å².